The van der Waals surface area contributed by atoms with Crippen LogP contribution < -0.4 is 4.74 Å². The number of benzene rings is 1. The van der Waals surface area contributed by atoms with Gasteiger partial charge in [0.1, 0.15) is 11.5 Å². The first-order valence-electron chi connectivity index (χ1n) is 7.96. The second-order valence-electron chi connectivity index (χ2n) is 5.88. The van der Waals surface area contributed by atoms with Crippen LogP contribution in [-0.2, 0) is 19.3 Å². The van der Waals surface area contributed by atoms with Crippen molar-refractivity contribution in [2.45, 2.75) is 31.6 Å². The first-order chi connectivity index (χ1) is 12.1. The molecule has 3 aromatic rings. The van der Waals surface area contributed by atoms with Crippen molar-refractivity contribution in [3.8, 4) is 17.3 Å². The van der Waals surface area contributed by atoms with Gasteiger partial charge in [-0.05, 0) is 12.1 Å². The Morgan fingerprint density at radius 3 is 2.84 bits per heavy atom. The first kappa shape index (κ1) is 15.7. The highest BCUT2D eigenvalue weighted by molar-refractivity contribution is 5.54. The van der Waals surface area contributed by atoms with Gasteiger partial charge in [-0.25, -0.2) is 8.78 Å². The van der Waals surface area contributed by atoms with Crippen LogP contribution in [0.1, 0.15) is 23.6 Å². The number of ether oxygens (including phenoxy) is 1. The lowest BCUT2D eigenvalue weighted by Gasteiger charge is -2.19. The lowest BCUT2D eigenvalue weighted by Crippen LogP contribution is -2.25. The van der Waals surface area contributed by atoms with Gasteiger partial charge in [-0.1, -0.05) is 23.4 Å². The van der Waals surface area contributed by atoms with Crippen molar-refractivity contribution < 1.29 is 22.5 Å². The Balaban J connectivity index is 1.44. The van der Waals surface area contributed by atoms with E-state index in [9.17, 15) is 8.78 Å². The molecule has 0 unspecified atom stereocenters. The van der Waals surface area contributed by atoms with Gasteiger partial charge in [0.05, 0.1) is 13.0 Å². The molecule has 130 valence electrons. The zero-order valence-electron chi connectivity index (χ0n) is 13.2. The number of rotatable bonds is 5. The molecule has 0 saturated carbocycles. The van der Waals surface area contributed by atoms with Crippen molar-refractivity contribution in [1.82, 2.24) is 15.4 Å². The Kier molecular flexibility index (Phi) is 3.95. The molecule has 0 atom stereocenters. The fourth-order valence-corrected chi connectivity index (χ4v) is 2.76. The predicted molar refractivity (Wildman–Crippen MR) is 82.4 cm³/mol. The Labute approximate surface area is 141 Å². The second kappa shape index (κ2) is 6.27. The lowest BCUT2D eigenvalue weighted by molar-refractivity contribution is -0.0145. The van der Waals surface area contributed by atoms with E-state index in [2.05, 4.69) is 15.4 Å². The molecule has 8 heteroatoms. The van der Waals surface area contributed by atoms with Gasteiger partial charge in [0, 0.05) is 24.8 Å². The largest absolute Gasteiger partial charge is 0.493 e. The number of halogens is 2. The lowest BCUT2D eigenvalue weighted by atomic mass is 9.93. The maximum atomic E-state index is 13.6. The van der Waals surface area contributed by atoms with Crippen LogP contribution in [0.15, 0.2) is 39.3 Å². The summed E-state index contributed by atoms with van der Waals surface area (Å²) in [5, 5.41) is 11.7. The molecule has 6 nitrogen and oxygen atoms in total. The average Bonchev–Trinajstić information content (AvgIpc) is 3.21. The van der Waals surface area contributed by atoms with E-state index >= 15 is 0 Å². The summed E-state index contributed by atoms with van der Waals surface area (Å²) in [6.45, 7) is 0.362. The van der Waals surface area contributed by atoms with Gasteiger partial charge >= 0.3 is 0 Å². The third kappa shape index (κ3) is 3.38. The van der Waals surface area contributed by atoms with Crippen LogP contribution in [0.4, 0.5) is 8.78 Å². The highest BCUT2D eigenvalue weighted by Gasteiger charge is 2.39. The number of aromatic nitrogens is 3. The molecule has 1 aromatic carbocycles. The van der Waals surface area contributed by atoms with Crippen molar-refractivity contribution >= 4 is 0 Å². The van der Waals surface area contributed by atoms with E-state index in [-0.39, 0.29) is 24.4 Å². The van der Waals surface area contributed by atoms with Crippen LogP contribution >= 0.6 is 0 Å². The summed E-state index contributed by atoms with van der Waals surface area (Å²) in [7, 11) is 0. The Bertz CT molecular complexity index is 861. The fourth-order valence-electron chi connectivity index (χ4n) is 2.76. The maximum absolute atomic E-state index is 13.6. The molecule has 0 radical (unpaired) electrons. The molecule has 25 heavy (non-hydrogen) atoms. The molecule has 4 rings (SSSR count). The third-order valence-electron chi connectivity index (χ3n) is 4.02. The SMILES string of the molecule is FC1(F)CCc2onc(-c3nnc(CCOc4ccccc4)o3)c2C1. The number of nitrogens with zero attached hydrogens (tertiary/aromatic N) is 3. The molecule has 1 aliphatic rings. The predicted octanol–water partition coefficient (Wildman–Crippen LogP) is 3.47. The van der Waals surface area contributed by atoms with E-state index in [0.29, 0.717) is 30.2 Å². The molecule has 0 N–H and O–H groups in total. The molecule has 2 aromatic heterocycles. The molecular formula is C17H15F2N3O3. The van der Waals surface area contributed by atoms with Gasteiger partial charge in [0.15, 0.2) is 5.69 Å². The topological polar surface area (TPSA) is 74.2 Å². The summed E-state index contributed by atoms with van der Waals surface area (Å²) in [6.07, 6.45) is -0.101. The van der Waals surface area contributed by atoms with E-state index < -0.39 is 12.3 Å². The van der Waals surface area contributed by atoms with Crippen molar-refractivity contribution in [2.75, 3.05) is 6.61 Å². The molecule has 0 amide bonds. The van der Waals surface area contributed by atoms with Crippen molar-refractivity contribution in [3.05, 3.63) is 47.5 Å². The summed E-state index contributed by atoms with van der Waals surface area (Å²) in [5.41, 5.74) is 0.559. The summed E-state index contributed by atoms with van der Waals surface area (Å²) >= 11 is 0. The Hall–Kier alpha value is -2.77. The van der Waals surface area contributed by atoms with E-state index in [1.54, 1.807) is 0 Å². The van der Waals surface area contributed by atoms with Crippen molar-refractivity contribution in [2.24, 2.45) is 0 Å². The number of aryl methyl sites for hydroxylation is 1. The second-order valence-corrected chi connectivity index (χ2v) is 5.88. The first-order valence-corrected chi connectivity index (χ1v) is 7.96. The van der Waals surface area contributed by atoms with Crippen LogP contribution in [0.2, 0.25) is 0 Å². The van der Waals surface area contributed by atoms with Gasteiger partial charge in [-0.15, -0.1) is 10.2 Å². The normalized spacial score (nSPS) is 15.8. The molecule has 0 spiro atoms. The van der Waals surface area contributed by atoms with Gasteiger partial charge < -0.3 is 13.7 Å². The summed E-state index contributed by atoms with van der Waals surface area (Å²) in [6, 6.07) is 9.36. The standard InChI is InChI=1S/C17H15F2N3O3/c18-17(19)8-6-13-12(10-17)15(22-25-13)16-21-20-14(24-16)7-9-23-11-4-2-1-3-5-11/h1-5H,6-10H2. The van der Waals surface area contributed by atoms with Crippen LogP contribution in [0, 0.1) is 0 Å². The minimum absolute atomic E-state index is 0.0948. The number of alkyl halides is 2. The third-order valence-corrected chi connectivity index (χ3v) is 4.02. The molecule has 0 fully saturated rings. The van der Waals surface area contributed by atoms with Gasteiger partial charge in [-0.2, -0.15) is 0 Å². The zero-order valence-corrected chi connectivity index (χ0v) is 13.2. The van der Waals surface area contributed by atoms with Crippen LogP contribution in [0.5, 0.6) is 5.75 Å². The molecule has 1 aliphatic carbocycles. The molecule has 0 bridgehead atoms. The van der Waals surface area contributed by atoms with Crippen LogP contribution in [0.25, 0.3) is 11.6 Å². The zero-order chi connectivity index (χ0) is 17.3. The smallest absolute Gasteiger partial charge is 0.270 e. The van der Waals surface area contributed by atoms with E-state index in [0.717, 1.165) is 5.75 Å². The van der Waals surface area contributed by atoms with Crippen LogP contribution in [-0.4, -0.2) is 27.9 Å². The Morgan fingerprint density at radius 2 is 2.00 bits per heavy atom. The van der Waals surface area contributed by atoms with E-state index in [4.69, 9.17) is 13.7 Å². The van der Waals surface area contributed by atoms with E-state index in [1.165, 1.54) is 0 Å². The quantitative estimate of drug-likeness (QED) is 0.703. The van der Waals surface area contributed by atoms with Crippen LogP contribution in [0.3, 0.4) is 0 Å². The Morgan fingerprint density at radius 1 is 1.16 bits per heavy atom. The maximum Gasteiger partial charge on any atom is 0.270 e. The van der Waals surface area contributed by atoms with Gasteiger partial charge in [0.2, 0.25) is 5.89 Å². The number of fused-ring (bicyclic) bond motifs is 1. The average molecular weight is 347 g/mol. The van der Waals surface area contributed by atoms with Crippen molar-refractivity contribution in [3.63, 3.8) is 0 Å². The minimum Gasteiger partial charge on any atom is -0.493 e. The highest BCUT2D eigenvalue weighted by Crippen LogP contribution is 2.37. The van der Waals surface area contributed by atoms with Crippen molar-refractivity contribution in [1.29, 1.82) is 0 Å². The molecule has 0 saturated heterocycles. The molecule has 0 aliphatic heterocycles. The van der Waals surface area contributed by atoms with E-state index in [1.807, 2.05) is 30.3 Å². The summed E-state index contributed by atoms with van der Waals surface area (Å²) < 4.78 is 43.5. The molecule has 2 heterocycles. The minimum atomic E-state index is -2.76. The highest BCUT2D eigenvalue weighted by atomic mass is 19.3. The summed E-state index contributed by atoms with van der Waals surface area (Å²) in [5.74, 6) is -1.11. The number of hydrogen-bond acceptors (Lipinski definition) is 6. The summed E-state index contributed by atoms with van der Waals surface area (Å²) in [4.78, 5) is 0. The number of hydrogen-bond donors (Lipinski definition) is 0. The molecular weight excluding hydrogens is 332 g/mol. The van der Waals surface area contributed by atoms with Gasteiger partial charge in [0.25, 0.3) is 11.8 Å². The fraction of sp³-hybridized carbons (Fsp3) is 0.353. The monoisotopic (exact) mass is 347 g/mol. The van der Waals surface area contributed by atoms with Gasteiger partial charge in [-0.3, -0.25) is 0 Å². The number of para-hydroxylation sites is 1.